The number of pyridine rings is 1. The largest absolute Gasteiger partial charge is 0.383 e. The smallest absolute Gasteiger partial charge is 0.333 e. The highest BCUT2D eigenvalue weighted by Crippen LogP contribution is 2.26. The van der Waals surface area contributed by atoms with Crippen LogP contribution in [0.25, 0.3) is 0 Å². The van der Waals surface area contributed by atoms with Crippen molar-refractivity contribution < 1.29 is 22.4 Å². The fourth-order valence-electron chi connectivity index (χ4n) is 1.34. The molecule has 0 spiro atoms. The molecule has 0 aromatic carbocycles. The standard InChI is InChI=1S/C11H12F4N2O/c1-2-17(7-8-3-5-16-6-4-8)10(18)11(14,15)9(12)13/h3-6,9H,2,7H2,1H3. The Bertz CT molecular complexity index is 397. The zero-order valence-electron chi connectivity index (χ0n) is 9.62. The van der Waals surface area contributed by atoms with Crippen molar-refractivity contribution in [3.8, 4) is 0 Å². The highest BCUT2D eigenvalue weighted by molar-refractivity contribution is 5.83. The number of aromatic nitrogens is 1. The first kappa shape index (κ1) is 14.4. The summed E-state index contributed by atoms with van der Waals surface area (Å²) >= 11 is 0. The lowest BCUT2D eigenvalue weighted by atomic mass is 10.2. The molecule has 1 amide bonds. The van der Waals surface area contributed by atoms with E-state index in [4.69, 9.17) is 0 Å². The van der Waals surface area contributed by atoms with Gasteiger partial charge in [-0.15, -0.1) is 0 Å². The Balaban J connectivity index is 2.82. The number of hydrogen-bond acceptors (Lipinski definition) is 2. The van der Waals surface area contributed by atoms with Crippen LogP contribution < -0.4 is 0 Å². The summed E-state index contributed by atoms with van der Waals surface area (Å²) in [6.45, 7) is 1.21. The van der Waals surface area contributed by atoms with E-state index < -0.39 is 18.3 Å². The van der Waals surface area contributed by atoms with Crippen molar-refractivity contribution >= 4 is 5.91 Å². The molecule has 0 aliphatic heterocycles. The molecule has 1 rings (SSSR count). The van der Waals surface area contributed by atoms with Gasteiger partial charge in [-0.25, -0.2) is 8.78 Å². The number of nitrogens with zero attached hydrogens (tertiary/aromatic N) is 2. The minimum absolute atomic E-state index is 0.0799. The number of carbonyl (C=O) groups is 1. The van der Waals surface area contributed by atoms with Crippen LogP contribution in [0.3, 0.4) is 0 Å². The van der Waals surface area contributed by atoms with Crippen molar-refractivity contribution in [3.63, 3.8) is 0 Å². The minimum Gasteiger partial charge on any atom is -0.333 e. The second-order valence-electron chi connectivity index (χ2n) is 3.60. The van der Waals surface area contributed by atoms with Gasteiger partial charge in [0.15, 0.2) is 0 Å². The first-order valence-electron chi connectivity index (χ1n) is 5.23. The number of alkyl halides is 4. The van der Waals surface area contributed by atoms with E-state index in [9.17, 15) is 22.4 Å². The van der Waals surface area contributed by atoms with E-state index in [0.29, 0.717) is 10.5 Å². The van der Waals surface area contributed by atoms with E-state index >= 15 is 0 Å². The maximum atomic E-state index is 12.9. The van der Waals surface area contributed by atoms with Gasteiger partial charge in [0.25, 0.3) is 5.91 Å². The molecule has 18 heavy (non-hydrogen) atoms. The van der Waals surface area contributed by atoms with Crippen molar-refractivity contribution in [2.75, 3.05) is 6.54 Å². The average Bonchev–Trinajstić information content (AvgIpc) is 2.36. The second-order valence-corrected chi connectivity index (χ2v) is 3.60. The summed E-state index contributed by atoms with van der Waals surface area (Å²) in [6.07, 6.45) is -1.14. The van der Waals surface area contributed by atoms with Crippen LogP contribution >= 0.6 is 0 Å². The molecule has 0 bridgehead atoms. The topological polar surface area (TPSA) is 33.2 Å². The maximum Gasteiger partial charge on any atom is 0.383 e. The Morgan fingerprint density at radius 3 is 2.39 bits per heavy atom. The molecule has 0 aliphatic carbocycles. The van der Waals surface area contributed by atoms with Gasteiger partial charge in [-0.05, 0) is 24.6 Å². The van der Waals surface area contributed by atoms with Crippen LogP contribution in [-0.4, -0.2) is 34.7 Å². The van der Waals surface area contributed by atoms with E-state index in [1.165, 1.54) is 31.5 Å². The molecule has 0 fully saturated rings. The highest BCUT2D eigenvalue weighted by atomic mass is 19.3. The number of amides is 1. The monoisotopic (exact) mass is 264 g/mol. The molecule has 0 saturated heterocycles. The van der Waals surface area contributed by atoms with Crippen LogP contribution in [0, 0.1) is 0 Å². The van der Waals surface area contributed by atoms with Gasteiger partial charge in [-0.2, -0.15) is 8.78 Å². The third-order valence-electron chi connectivity index (χ3n) is 2.35. The second kappa shape index (κ2) is 5.79. The fraction of sp³-hybridized carbons (Fsp3) is 0.455. The summed E-state index contributed by atoms with van der Waals surface area (Å²) in [5.74, 6) is -6.51. The Labute approximate surface area is 101 Å². The molecule has 0 saturated carbocycles. The third-order valence-corrected chi connectivity index (χ3v) is 2.35. The lowest BCUT2D eigenvalue weighted by Crippen LogP contribution is -2.47. The zero-order valence-corrected chi connectivity index (χ0v) is 9.62. The van der Waals surface area contributed by atoms with Crippen molar-refractivity contribution in [3.05, 3.63) is 30.1 Å². The van der Waals surface area contributed by atoms with Crippen LogP contribution in [0.4, 0.5) is 17.6 Å². The van der Waals surface area contributed by atoms with Gasteiger partial charge in [0.05, 0.1) is 0 Å². The van der Waals surface area contributed by atoms with Crippen LogP contribution in [0.1, 0.15) is 12.5 Å². The highest BCUT2D eigenvalue weighted by Gasteiger charge is 2.50. The summed E-state index contributed by atoms with van der Waals surface area (Å²) in [5.41, 5.74) is 0.547. The maximum absolute atomic E-state index is 12.9. The molecule has 0 N–H and O–H groups in total. The normalized spacial score (nSPS) is 11.7. The van der Waals surface area contributed by atoms with Crippen LogP contribution in [0.5, 0.6) is 0 Å². The Kier molecular flexibility index (Phi) is 4.63. The lowest BCUT2D eigenvalue weighted by Gasteiger charge is -2.25. The molecule has 1 heterocycles. The summed E-state index contributed by atoms with van der Waals surface area (Å²) in [4.78, 5) is 15.7. The Hall–Kier alpha value is -1.66. The number of halogens is 4. The molecule has 1 aromatic heterocycles. The van der Waals surface area contributed by atoms with Gasteiger partial charge in [0.2, 0.25) is 0 Å². The first-order valence-corrected chi connectivity index (χ1v) is 5.23. The van der Waals surface area contributed by atoms with Gasteiger partial charge < -0.3 is 4.90 Å². The summed E-state index contributed by atoms with van der Waals surface area (Å²) in [6, 6.07) is 3.05. The van der Waals surface area contributed by atoms with E-state index in [-0.39, 0.29) is 13.1 Å². The number of rotatable bonds is 5. The Morgan fingerprint density at radius 1 is 1.39 bits per heavy atom. The Morgan fingerprint density at radius 2 is 1.94 bits per heavy atom. The number of carbonyl (C=O) groups excluding carboxylic acids is 1. The quantitative estimate of drug-likeness (QED) is 0.765. The molecule has 0 radical (unpaired) electrons. The van der Waals surface area contributed by atoms with Gasteiger partial charge in [0.1, 0.15) is 0 Å². The first-order chi connectivity index (χ1) is 8.39. The van der Waals surface area contributed by atoms with Crippen LogP contribution in [0.2, 0.25) is 0 Å². The molecule has 7 heteroatoms. The lowest BCUT2D eigenvalue weighted by molar-refractivity contribution is -0.181. The van der Waals surface area contributed by atoms with Crippen molar-refractivity contribution in [1.29, 1.82) is 0 Å². The van der Waals surface area contributed by atoms with E-state index in [0.717, 1.165) is 0 Å². The summed E-state index contributed by atoms with van der Waals surface area (Å²) in [7, 11) is 0. The van der Waals surface area contributed by atoms with E-state index in [1.807, 2.05) is 0 Å². The zero-order chi connectivity index (χ0) is 13.8. The molecule has 0 atom stereocenters. The summed E-state index contributed by atoms with van der Waals surface area (Å²) in [5, 5.41) is 0. The van der Waals surface area contributed by atoms with Crippen molar-refractivity contribution in [1.82, 2.24) is 9.88 Å². The fourth-order valence-corrected chi connectivity index (χ4v) is 1.34. The third kappa shape index (κ3) is 3.18. The van der Waals surface area contributed by atoms with Crippen LogP contribution in [-0.2, 0) is 11.3 Å². The minimum atomic E-state index is -4.65. The predicted octanol–water partition coefficient (Wildman–Crippen LogP) is 2.33. The molecular formula is C11H12F4N2O. The molecule has 0 aliphatic rings. The van der Waals surface area contributed by atoms with Gasteiger partial charge in [-0.1, -0.05) is 0 Å². The average molecular weight is 264 g/mol. The molecular weight excluding hydrogens is 252 g/mol. The molecule has 3 nitrogen and oxygen atoms in total. The van der Waals surface area contributed by atoms with E-state index in [2.05, 4.69) is 4.98 Å². The van der Waals surface area contributed by atoms with Gasteiger partial charge >= 0.3 is 12.3 Å². The van der Waals surface area contributed by atoms with E-state index in [1.54, 1.807) is 0 Å². The van der Waals surface area contributed by atoms with Gasteiger partial charge in [0, 0.05) is 25.5 Å². The SMILES string of the molecule is CCN(Cc1ccncc1)C(=O)C(F)(F)C(F)F. The predicted molar refractivity (Wildman–Crippen MR) is 56.3 cm³/mol. The summed E-state index contributed by atoms with van der Waals surface area (Å²) < 4.78 is 50.0. The number of hydrogen-bond donors (Lipinski definition) is 0. The van der Waals surface area contributed by atoms with Crippen LogP contribution in [0.15, 0.2) is 24.5 Å². The van der Waals surface area contributed by atoms with Crippen molar-refractivity contribution in [2.45, 2.75) is 25.8 Å². The molecule has 100 valence electrons. The molecule has 0 unspecified atom stereocenters. The van der Waals surface area contributed by atoms with Gasteiger partial charge in [-0.3, -0.25) is 9.78 Å². The van der Waals surface area contributed by atoms with Crippen molar-refractivity contribution in [2.24, 2.45) is 0 Å². The molecule has 1 aromatic rings.